The van der Waals surface area contributed by atoms with E-state index in [1.807, 2.05) is 24.3 Å². The fourth-order valence-corrected chi connectivity index (χ4v) is 4.58. The number of nitrogens with zero attached hydrogens (tertiary/aromatic N) is 1. The van der Waals surface area contributed by atoms with Crippen molar-refractivity contribution in [2.75, 3.05) is 5.32 Å². The van der Waals surface area contributed by atoms with E-state index in [2.05, 4.69) is 5.32 Å². The van der Waals surface area contributed by atoms with E-state index in [9.17, 15) is 17.6 Å². The molecular weight excluding hydrogens is 465 g/mol. The second-order valence-electron chi connectivity index (χ2n) is 8.15. The molecule has 5 rings (SSSR count). The number of aliphatic imine (C=N–C) groups is 1. The largest absolute Gasteiger partial charge is 0.324 e. The fourth-order valence-electron chi connectivity index (χ4n) is 4.03. The van der Waals surface area contributed by atoms with Crippen molar-refractivity contribution in [1.29, 1.82) is 0 Å². The Labute approximate surface area is 202 Å². The molecular formula is C27H20FN3O3S. The monoisotopic (exact) mass is 485 g/mol. The molecule has 0 atom stereocenters. The number of hydrogen-bond donors (Lipinski definition) is 2. The van der Waals surface area contributed by atoms with Crippen LogP contribution < -0.4 is 10.5 Å². The standard InChI is InChI=1S/C27H20FN3O3S/c28-23-10-2-1-9-22(23)19-11-12-24-26(15-19)31-27(32)16-25(30-24)20-7-3-5-17(13-20)18-6-4-8-21(14-18)35(29,33)34/h1-15H,16H2,(H,31,32)(H2,29,33,34). The number of nitrogens with two attached hydrogens (primary N) is 1. The van der Waals surface area contributed by atoms with Gasteiger partial charge in [0, 0.05) is 5.56 Å². The number of sulfonamides is 1. The molecule has 8 heteroatoms. The first kappa shape index (κ1) is 22.6. The number of amides is 1. The first-order chi connectivity index (χ1) is 16.8. The Morgan fingerprint density at radius 1 is 0.800 bits per heavy atom. The first-order valence-corrected chi connectivity index (χ1v) is 12.3. The second kappa shape index (κ2) is 8.90. The van der Waals surface area contributed by atoms with E-state index in [1.54, 1.807) is 48.5 Å². The third-order valence-corrected chi connectivity index (χ3v) is 6.64. The Hall–Kier alpha value is -4.14. The number of nitrogens with one attached hydrogen (secondary N) is 1. The van der Waals surface area contributed by atoms with E-state index in [1.165, 1.54) is 18.2 Å². The SMILES string of the molecule is NS(=O)(=O)c1cccc(-c2cccc(C3=Nc4ccc(-c5ccccc5F)cc4NC(=O)C3)c2)c1. The molecule has 0 aromatic heterocycles. The van der Waals surface area contributed by atoms with Crippen LogP contribution in [0.2, 0.25) is 0 Å². The van der Waals surface area contributed by atoms with Crippen molar-refractivity contribution in [2.24, 2.45) is 10.1 Å². The smallest absolute Gasteiger partial charge is 0.238 e. The van der Waals surface area contributed by atoms with Gasteiger partial charge in [0.1, 0.15) is 5.82 Å². The van der Waals surface area contributed by atoms with Gasteiger partial charge in [-0.1, -0.05) is 54.6 Å². The lowest BCUT2D eigenvalue weighted by Gasteiger charge is -2.09. The maximum absolute atomic E-state index is 14.3. The number of fused-ring (bicyclic) bond motifs is 1. The number of halogens is 1. The van der Waals surface area contributed by atoms with Crippen LogP contribution in [0.25, 0.3) is 22.3 Å². The molecule has 0 saturated heterocycles. The van der Waals surface area contributed by atoms with Crippen molar-refractivity contribution >= 4 is 33.0 Å². The second-order valence-corrected chi connectivity index (χ2v) is 9.71. The van der Waals surface area contributed by atoms with Crippen LogP contribution in [0.15, 0.2) is 101 Å². The van der Waals surface area contributed by atoms with E-state index < -0.39 is 10.0 Å². The Morgan fingerprint density at radius 3 is 2.29 bits per heavy atom. The summed E-state index contributed by atoms with van der Waals surface area (Å²) in [4.78, 5) is 17.5. The normalized spacial score (nSPS) is 13.4. The summed E-state index contributed by atoms with van der Waals surface area (Å²) >= 11 is 0. The van der Waals surface area contributed by atoms with Crippen molar-refractivity contribution in [3.63, 3.8) is 0 Å². The lowest BCUT2D eigenvalue weighted by atomic mass is 9.99. The van der Waals surface area contributed by atoms with E-state index in [0.717, 1.165) is 11.1 Å². The molecule has 0 spiro atoms. The zero-order chi connectivity index (χ0) is 24.6. The highest BCUT2D eigenvalue weighted by molar-refractivity contribution is 7.89. The summed E-state index contributed by atoms with van der Waals surface area (Å²) in [6.07, 6.45) is 0.0460. The van der Waals surface area contributed by atoms with E-state index in [-0.39, 0.29) is 23.0 Å². The maximum atomic E-state index is 14.3. The van der Waals surface area contributed by atoms with Crippen LogP contribution in [0.3, 0.4) is 0 Å². The number of hydrogen-bond acceptors (Lipinski definition) is 4. The summed E-state index contributed by atoms with van der Waals surface area (Å²) in [5, 5.41) is 8.14. The lowest BCUT2D eigenvalue weighted by Crippen LogP contribution is -2.15. The molecule has 0 radical (unpaired) electrons. The molecule has 6 nitrogen and oxygen atoms in total. The summed E-state index contributed by atoms with van der Waals surface area (Å²) in [5.74, 6) is -0.588. The first-order valence-electron chi connectivity index (χ1n) is 10.8. The molecule has 35 heavy (non-hydrogen) atoms. The Bertz CT molecular complexity index is 1610. The summed E-state index contributed by atoms with van der Waals surface area (Å²) in [7, 11) is -3.84. The fraction of sp³-hybridized carbons (Fsp3) is 0.0370. The number of carbonyl (C=O) groups is 1. The third kappa shape index (κ3) is 4.75. The van der Waals surface area contributed by atoms with Crippen molar-refractivity contribution in [3.8, 4) is 22.3 Å². The van der Waals surface area contributed by atoms with Crippen LogP contribution in [-0.2, 0) is 14.8 Å². The van der Waals surface area contributed by atoms with Crippen LogP contribution >= 0.6 is 0 Å². The average molecular weight is 486 g/mol. The minimum atomic E-state index is -3.84. The quantitative estimate of drug-likeness (QED) is 0.412. The Kier molecular flexibility index (Phi) is 5.76. The van der Waals surface area contributed by atoms with Gasteiger partial charge in [-0.3, -0.25) is 9.79 Å². The highest BCUT2D eigenvalue weighted by Crippen LogP contribution is 2.35. The van der Waals surface area contributed by atoms with Crippen LogP contribution in [0.4, 0.5) is 15.8 Å². The Morgan fingerprint density at radius 2 is 1.51 bits per heavy atom. The maximum Gasteiger partial charge on any atom is 0.238 e. The molecule has 0 aliphatic carbocycles. The number of primary sulfonamides is 1. The third-order valence-electron chi connectivity index (χ3n) is 5.73. The summed E-state index contributed by atoms with van der Waals surface area (Å²) in [5.41, 5.74) is 4.86. The summed E-state index contributed by atoms with van der Waals surface area (Å²) in [6, 6.07) is 25.4. The molecule has 174 valence electrons. The summed E-state index contributed by atoms with van der Waals surface area (Å²) in [6.45, 7) is 0. The predicted molar refractivity (Wildman–Crippen MR) is 135 cm³/mol. The zero-order valence-corrected chi connectivity index (χ0v) is 19.2. The van der Waals surface area contributed by atoms with Crippen LogP contribution in [0, 0.1) is 5.82 Å². The molecule has 3 N–H and O–H groups in total. The number of carbonyl (C=O) groups excluding carboxylic acids is 1. The highest BCUT2D eigenvalue weighted by atomic mass is 32.2. The molecule has 0 fully saturated rings. The van der Waals surface area contributed by atoms with Gasteiger partial charge in [-0.15, -0.1) is 0 Å². The minimum absolute atomic E-state index is 0.0196. The zero-order valence-electron chi connectivity index (χ0n) is 18.4. The number of benzene rings is 4. The molecule has 4 aromatic rings. The van der Waals surface area contributed by atoms with Crippen molar-refractivity contribution in [1.82, 2.24) is 0 Å². The Balaban J connectivity index is 1.54. The van der Waals surface area contributed by atoms with Gasteiger partial charge >= 0.3 is 0 Å². The molecule has 1 aliphatic heterocycles. The molecule has 1 aliphatic rings. The molecule has 1 amide bonds. The van der Waals surface area contributed by atoms with Gasteiger partial charge in [-0.2, -0.15) is 0 Å². The highest BCUT2D eigenvalue weighted by Gasteiger charge is 2.19. The van der Waals surface area contributed by atoms with Crippen molar-refractivity contribution in [2.45, 2.75) is 11.3 Å². The van der Waals surface area contributed by atoms with Crippen LogP contribution in [0.1, 0.15) is 12.0 Å². The van der Waals surface area contributed by atoms with Crippen molar-refractivity contribution < 1.29 is 17.6 Å². The van der Waals surface area contributed by atoms with Gasteiger partial charge in [0.15, 0.2) is 0 Å². The minimum Gasteiger partial charge on any atom is -0.324 e. The van der Waals surface area contributed by atoms with Crippen molar-refractivity contribution in [3.05, 3.63) is 102 Å². The molecule has 0 saturated carbocycles. The van der Waals surface area contributed by atoms with Gasteiger partial charge in [0.05, 0.1) is 28.4 Å². The lowest BCUT2D eigenvalue weighted by molar-refractivity contribution is -0.115. The van der Waals surface area contributed by atoms with E-state index >= 15 is 0 Å². The van der Waals surface area contributed by atoms with Gasteiger partial charge in [0.25, 0.3) is 0 Å². The summed E-state index contributed by atoms with van der Waals surface area (Å²) < 4.78 is 37.8. The number of anilines is 1. The molecule has 4 aromatic carbocycles. The molecule has 0 unspecified atom stereocenters. The number of rotatable bonds is 4. The van der Waals surface area contributed by atoms with E-state index in [4.69, 9.17) is 10.1 Å². The van der Waals surface area contributed by atoms with Crippen LogP contribution in [0.5, 0.6) is 0 Å². The van der Waals surface area contributed by atoms with Crippen LogP contribution in [-0.4, -0.2) is 20.0 Å². The van der Waals surface area contributed by atoms with Gasteiger partial charge in [0.2, 0.25) is 15.9 Å². The van der Waals surface area contributed by atoms with Gasteiger partial charge < -0.3 is 5.32 Å². The average Bonchev–Trinajstić information content (AvgIpc) is 3.01. The van der Waals surface area contributed by atoms with Gasteiger partial charge in [-0.05, 0) is 58.7 Å². The molecule has 1 heterocycles. The topological polar surface area (TPSA) is 102 Å². The van der Waals surface area contributed by atoms with Gasteiger partial charge in [-0.25, -0.2) is 17.9 Å². The predicted octanol–water partition coefficient (Wildman–Crippen LogP) is 5.27. The molecule has 0 bridgehead atoms. The van der Waals surface area contributed by atoms with E-state index in [0.29, 0.717) is 33.8 Å².